The summed E-state index contributed by atoms with van der Waals surface area (Å²) in [4.78, 5) is 36.7. The molecule has 1 heterocycles. The summed E-state index contributed by atoms with van der Waals surface area (Å²) in [7, 11) is 0. The topological polar surface area (TPSA) is 105 Å². The molecule has 0 saturated carbocycles. The van der Waals surface area contributed by atoms with Crippen molar-refractivity contribution in [3.05, 3.63) is 24.0 Å². The van der Waals surface area contributed by atoms with E-state index >= 15 is 0 Å². The first-order valence-corrected chi connectivity index (χ1v) is 8.76. The van der Waals surface area contributed by atoms with Gasteiger partial charge in [0.05, 0.1) is 25.4 Å². The number of alkyl halides is 5. The number of nitrogens with one attached hydrogen (secondary N) is 1. The molecule has 0 aliphatic carbocycles. The van der Waals surface area contributed by atoms with Crippen LogP contribution in [-0.2, 0) is 19.1 Å². The largest absolute Gasteiger partial charge is 0.401 e. The van der Waals surface area contributed by atoms with Crippen molar-refractivity contribution in [2.45, 2.75) is 18.6 Å². The molecule has 0 aromatic heterocycles. The van der Waals surface area contributed by atoms with E-state index in [1.165, 1.54) is 0 Å². The number of nitrogens with zero attached hydrogens (tertiary/aromatic N) is 2. The molecule has 8 nitrogen and oxygen atoms in total. The smallest absolute Gasteiger partial charge is 0.370 e. The molecule has 31 heavy (non-hydrogen) atoms. The van der Waals surface area contributed by atoms with Crippen molar-refractivity contribution in [2.75, 3.05) is 43.1 Å². The Morgan fingerprint density at radius 2 is 1.97 bits per heavy atom. The predicted octanol–water partition coefficient (Wildman–Crippen LogP) is 1.11. The van der Waals surface area contributed by atoms with Crippen LogP contribution in [0, 0.1) is 5.82 Å². The molecule has 1 atom stereocenters. The molecule has 0 bridgehead atoms. The van der Waals surface area contributed by atoms with Crippen molar-refractivity contribution in [3.63, 3.8) is 0 Å². The summed E-state index contributed by atoms with van der Waals surface area (Å²) in [6.07, 6.45) is -8.29. The summed E-state index contributed by atoms with van der Waals surface area (Å²) in [5.41, 5.74) is 4.55. The zero-order chi connectivity index (χ0) is 23.3. The van der Waals surface area contributed by atoms with E-state index < -0.39 is 55.3 Å². The second-order valence-corrected chi connectivity index (χ2v) is 6.49. The minimum atomic E-state index is -5.00. The van der Waals surface area contributed by atoms with Crippen molar-refractivity contribution < 1.29 is 45.5 Å². The van der Waals surface area contributed by atoms with Crippen LogP contribution >= 0.6 is 0 Å². The van der Waals surface area contributed by atoms with Gasteiger partial charge in [-0.05, 0) is 18.2 Å². The molecule has 1 saturated heterocycles. The Morgan fingerprint density at radius 3 is 2.48 bits per heavy atom. The first-order chi connectivity index (χ1) is 14.4. The average Bonchev–Trinajstić information content (AvgIpc) is 2.60. The van der Waals surface area contributed by atoms with E-state index in [0.717, 1.165) is 23.1 Å². The molecule has 0 radical (unpaired) electrons. The quantitative estimate of drug-likeness (QED) is 0.451. The maximum Gasteiger partial charge on any atom is 0.401 e. The fourth-order valence-corrected chi connectivity index (χ4v) is 2.93. The number of ether oxygens (including phenoxy) is 1. The number of carbonyl (C=O) groups is 3. The Morgan fingerprint density at radius 1 is 1.29 bits per heavy atom. The van der Waals surface area contributed by atoms with E-state index in [1.54, 1.807) is 0 Å². The number of anilines is 2. The standard InChI is InChI=1S/C17H18F6N4O4/c18-10-5-9(1-2-11(10)27-3-4-31-7-13(27)28)25-16(30)14(15(24)29)26(6-12(19)20)8-17(21,22)23/h1-2,5,12,14H,3-4,6-8H2,(H2,24,29)(H,25,30)/t14-/m1/s1. The van der Waals surface area contributed by atoms with Gasteiger partial charge in [0, 0.05) is 12.2 Å². The van der Waals surface area contributed by atoms with E-state index in [1.807, 2.05) is 5.32 Å². The molecule has 1 fully saturated rings. The van der Waals surface area contributed by atoms with Gasteiger partial charge in [0.15, 0.2) is 6.04 Å². The van der Waals surface area contributed by atoms with Gasteiger partial charge < -0.3 is 20.7 Å². The molecule has 1 aliphatic rings. The lowest BCUT2D eigenvalue weighted by Crippen LogP contribution is -2.55. The minimum Gasteiger partial charge on any atom is -0.370 e. The molecule has 172 valence electrons. The highest BCUT2D eigenvalue weighted by Crippen LogP contribution is 2.25. The molecule has 2 rings (SSSR count). The van der Waals surface area contributed by atoms with Gasteiger partial charge in [0.2, 0.25) is 5.91 Å². The third-order valence-electron chi connectivity index (χ3n) is 4.13. The zero-order valence-corrected chi connectivity index (χ0v) is 15.8. The van der Waals surface area contributed by atoms with Crippen LogP contribution in [0.2, 0.25) is 0 Å². The van der Waals surface area contributed by atoms with Gasteiger partial charge in [-0.2, -0.15) is 13.2 Å². The highest BCUT2D eigenvalue weighted by atomic mass is 19.4. The Labute approximate surface area is 171 Å². The molecule has 0 spiro atoms. The monoisotopic (exact) mass is 456 g/mol. The van der Waals surface area contributed by atoms with Crippen LogP contribution in [0.25, 0.3) is 0 Å². The summed E-state index contributed by atoms with van der Waals surface area (Å²) in [6, 6.07) is 0.618. The van der Waals surface area contributed by atoms with Crippen molar-refractivity contribution >= 4 is 29.1 Å². The Hall–Kier alpha value is -2.87. The van der Waals surface area contributed by atoms with Crippen molar-refractivity contribution in [1.82, 2.24) is 4.90 Å². The molecule has 1 aromatic carbocycles. The van der Waals surface area contributed by atoms with Gasteiger partial charge in [-0.1, -0.05) is 0 Å². The van der Waals surface area contributed by atoms with Crippen LogP contribution in [-0.4, -0.2) is 74.1 Å². The summed E-state index contributed by atoms with van der Waals surface area (Å²) in [5.74, 6) is -4.51. The first-order valence-electron chi connectivity index (χ1n) is 8.76. The van der Waals surface area contributed by atoms with Crippen LogP contribution in [0.5, 0.6) is 0 Å². The van der Waals surface area contributed by atoms with Gasteiger partial charge in [0.1, 0.15) is 12.4 Å². The Bertz CT molecular complexity index is 835. The van der Waals surface area contributed by atoms with E-state index in [2.05, 4.69) is 0 Å². The maximum absolute atomic E-state index is 14.4. The van der Waals surface area contributed by atoms with E-state index in [0.29, 0.717) is 0 Å². The average molecular weight is 456 g/mol. The second kappa shape index (κ2) is 9.96. The van der Waals surface area contributed by atoms with Crippen LogP contribution < -0.4 is 16.0 Å². The van der Waals surface area contributed by atoms with Crippen molar-refractivity contribution in [1.29, 1.82) is 0 Å². The zero-order valence-electron chi connectivity index (χ0n) is 15.8. The third kappa shape index (κ3) is 6.82. The fourth-order valence-electron chi connectivity index (χ4n) is 2.93. The number of halogens is 6. The predicted molar refractivity (Wildman–Crippen MR) is 94.8 cm³/mol. The first kappa shape index (κ1) is 24.4. The highest BCUT2D eigenvalue weighted by molar-refractivity contribution is 6.09. The SMILES string of the molecule is NC(=O)[C@H](C(=O)Nc1ccc(N2CCOCC2=O)c(F)c1)N(CC(F)F)CC(F)(F)F. The maximum atomic E-state index is 14.4. The highest BCUT2D eigenvalue weighted by Gasteiger charge is 2.40. The number of hydrogen-bond donors (Lipinski definition) is 2. The second-order valence-electron chi connectivity index (χ2n) is 6.49. The Kier molecular flexibility index (Phi) is 7.84. The van der Waals surface area contributed by atoms with Gasteiger partial charge in [-0.25, -0.2) is 13.2 Å². The number of benzene rings is 1. The number of nitrogens with two attached hydrogens (primary N) is 1. The Balaban J connectivity index is 2.22. The summed E-state index contributed by atoms with van der Waals surface area (Å²) >= 11 is 0. The number of primary amides is 1. The number of carbonyl (C=O) groups excluding carboxylic acids is 3. The molecular weight excluding hydrogens is 438 g/mol. The lowest BCUT2D eigenvalue weighted by Gasteiger charge is -2.29. The van der Waals surface area contributed by atoms with Crippen LogP contribution in [0.3, 0.4) is 0 Å². The van der Waals surface area contributed by atoms with E-state index in [4.69, 9.17) is 10.5 Å². The summed E-state index contributed by atoms with van der Waals surface area (Å²) in [6.45, 7) is -3.55. The normalized spacial score (nSPS) is 16.0. The van der Waals surface area contributed by atoms with Gasteiger partial charge >= 0.3 is 6.18 Å². The lowest BCUT2D eigenvalue weighted by atomic mass is 10.2. The molecule has 3 N–H and O–H groups in total. The van der Waals surface area contributed by atoms with Gasteiger partial charge in [0.25, 0.3) is 18.2 Å². The summed E-state index contributed by atoms with van der Waals surface area (Å²) in [5, 5.41) is 1.98. The fraction of sp³-hybridized carbons (Fsp3) is 0.471. The van der Waals surface area contributed by atoms with Crippen LogP contribution in [0.4, 0.5) is 37.7 Å². The minimum absolute atomic E-state index is 0.0746. The molecular formula is C17H18F6N4O4. The van der Waals surface area contributed by atoms with Crippen LogP contribution in [0.1, 0.15) is 0 Å². The summed E-state index contributed by atoms with van der Waals surface area (Å²) < 4.78 is 82.9. The number of hydrogen-bond acceptors (Lipinski definition) is 5. The van der Waals surface area contributed by atoms with E-state index in [-0.39, 0.29) is 36.0 Å². The van der Waals surface area contributed by atoms with Crippen molar-refractivity contribution in [2.24, 2.45) is 5.73 Å². The molecule has 14 heteroatoms. The molecule has 1 aliphatic heterocycles. The van der Waals surface area contributed by atoms with Gasteiger partial charge in [-0.3, -0.25) is 19.3 Å². The van der Waals surface area contributed by atoms with E-state index in [9.17, 15) is 40.7 Å². The third-order valence-corrected chi connectivity index (χ3v) is 4.13. The molecule has 3 amide bonds. The lowest BCUT2D eigenvalue weighted by molar-refractivity contribution is -0.160. The van der Waals surface area contributed by atoms with Crippen LogP contribution in [0.15, 0.2) is 18.2 Å². The molecule has 1 aromatic rings. The van der Waals surface area contributed by atoms with Gasteiger partial charge in [-0.15, -0.1) is 0 Å². The number of rotatable bonds is 8. The number of amides is 3. The molecule has 0 unspecified atom stereocenters. The number of morpholine rings is 1. The van der Waals surface area contributed by atoms with Crippen molar-refractivity contribution in [3.8, 4) is 0 Å².